The van der Waals surface area contributed by atoms with E-state index < -0.39 is 0 Å². The highest BCUT2D eigenvalue weighted by atomic mass is 32.1. The summed E-state index contributed by atoms with van der Waals surface area (Å²) in [6.07, 6.45) is 4.28. The third-order valence-corrected chi connectivity index (χ3v) is 6.95. The molecule has 0 atom stereocenters. The molecule has 1 N–H and O–H groups in total. The molecule has 4 aromatic rings. The number of rotatable bonds is 4. The van der Waals surface area contributed by atoms with Gasteiger partial charge in [-0.1, -0.05) is 6.07 Å². The number of anilines is 1. The normalized spacial score (nSPS) is 17.7. The first kappa shape index (κ1) is 17.7. The molecule has 0 spiro atoms. The van der Waals surface area contributed by atoms with E-state index in [1.807, 2.05) is 41.4 Å². The molecule has 2 aromatic carbocycles. The summed E-state index contributed by atoms with van der Waals surface area (Å²) in [7, 11) is 0. The Labute approximate surface area is 180 Å². The van der Waals surface area contributed by atoms with Gasteiger partial charge in [0.25, 0.3) is 5.91 Å². The maximum atomic E-state index is 12.7. The van der Waals surface area contributed by atoms with E-state index in [2.05, 4.69) is 37.3 Å². The highest BCUT2D eigenvalue weighted by Gasteiger charge is 2.31. The number of benzene rings is 2. The summed E-state index contributed by atoms with van der Waals surface area (Å²) in [6, 6.07) is 12.2. The SMILES string of the molecule is O=C1NC(N(CC2CC2)c2ccc3ncsc3c2)=N/C1=C\c1ccc2ncsc2c1. The van der Waals surface area contributed by atoms with Crippen molar-refractivity contribution in [1.82, 2.24) is 15.3 Å². The molecule has 30 heavy (non-hydrogen) atoms. The number of nitrogens with zero attached hydrogens (tertiary/aromatic N) is 4. The molecule has 2 aromatic heterocycles. The number of guanidine groups is 1. The minimum absolute atomic E-state index is 0.172. The summed E-state index contributed by atoms with van der Waals surface area (Å²) in [5.74, 6) is 1.07. The number of hydrogen-bond donors (Lipinski definition) is 1. The highest BCUT2D eigenvalue weighted by Crippen LogP contribution is 2.33. The minimum atomic E-state index is -0.172. The van der Waals surface area contributed by atoms with Gasteiger partial charge in [-0.2, -0.15) is 0 Å². The molecule has 0 unspecified atom stereocenters. The molecule has 6 nitrogen and oxygen atoms in total. The van der Waals surface area contributed by atoms with Gasteiger partial charge in [0.05, 0.1) is 31.5 Å². The van der Waals surface area contributed by atoms with E-state index >= 15 is 0 Å². The van der Waals surface area contributed by atoms with Crippen molar-refractivity contribution in [1.29, 1.82) is 0 Å². The molecular formula is C22H17N5OS2. The molecule has 1 saturated carbocycles. The van der Waals surface area contributed by atoms with Gasteiger partial charge in [-0.3, -0.25) is 10.1 Å². The van der Waals surface area contributed by atoms with E-state index in [1.165, 1.54) is 12.8 Å². The third kappa shape index (κ3) is 3.28. The predicted molar refractivity (Wildman–Crippen MR) is 123 cm³/mol. The van der Waals surface area contributed by atoms with Crippen LogP contribution in [0.3, 0.4) is 0 Å². The monoisotopic (exact) mass is 431 g/mol. The lowest BCUT2D eigenvalue weighted by Crippen LogP contribution is -2.41. The van der Waals surface area contributed by atoms with Crippen molar-refractivity contribution in [3.05, 3.63) is 58.7 Å². The average Bonchev–Trinajstić information content (AvgIpc) is 3.13. The second kappa shape index (κ2) is 7.00. The van der Waals surface area contributed by atoms with E-state index in [0.29, 0.717) is 17.6 Å². The molecule has 1 aliphatic carbocycles. The number of aliphatic imine (C=N–C) groups is 1. The van der Waals surface area contributed by atoms with E-state index in [0.717, 1.165) is 38.2 Å². The summed E-state index contributed by atoms with van der Waals surface area (Å²) in [5, 5.41) is 2.98. The van der Waals surface area contributed by atoms with Gasteiger partial charge in [-0.05, 0) is 60.7 Å². The number of carbonyl (C=O) groups is 1. The summed E-state index contributed by atoms with van der Waals surface area (Å²) < 4.78 is 2.23. The fourth-order valence-corrected chi connectivity index (χ4v) is 5.02. The Bertz CT molecular complexity index is 1350. The lowest BCUT2D eigenvalue weighted by atomic mass is 10.2. The number of nitrogens with one attached hydrogen (secondary N) is 1. The lowest BCUT2D eigenvalue weighted by Gasteiger charge is -2.24. The first-order chi connectivity index (χ1) is 14.7. The number of aromatic nitrogens is 2. The number of thiazole rings is 2. The zero-order valence-corrected chi connectivity index (χ0v) is 17.5. The number of amides is 1. The number of carbonyl (C=O) groups excluding carboxylic acids is 1. The molecule has 2 aliphatic rings. The van der Waals surface area contributed by atoms with Crippen LogP contribution >= 0.6 is 22.7 Å². The van der Waals surface area contributed by atoms with Gasteiger partial charge in [0.1, 0.15) is 5.70 Å². The predicted octanol–water partition coefficient (Wildman–Crippen LogP) is 4.65. The van der Waals surface area contributed by atoms with Gasteiger partial charge >= 0.3 is 0 Å². The molecule has 1 fully saturated rings. The van der Waals surface area contributed by atoms with Crippen molar-refractivity contribution in [2.45, 2.75) is 12.8 Å². The molecule has 8 heteroatoms. The van der Waals surface area contributed by atoms with Crippen LogP contribution in [0.25, 0.3) is 26.5 Å². The van der Waals surface area contributed by atoms with Gasteiger partial charge < -0.3 is 4.90 Å². The zero-order valence-electron chi connectivity index (χ0n) is 15.9. The third-order valence-electron chi connectivity index (χ3n) is 5.36. The van der Waals surface area contributed by atoms with E-state index in [4.69, 9.17) is 0 Å². The highest BCUT2D eigenvalue weighted by molar-refractivity contribution is 7.17. The molecular weight excluding hydrogens is 414 g/mol. The summed E-state index contributed by atoms with van der Waals surface area (Å²) in [6.45, 7) is 0.851. The van der Waals surface area contributed by atoms with Crippen LogP contribution in [0.4, 0.5) is 5.69 Å². The Morgan fingerprint density at radius 3 is 2.53 bits per heavy atom. The fraction of sp³-hybridized carbons (Fsp3) is 0.182. The number of hydrogen-bond acceptors (Lipinski definition) is 7. The van der Waals surface area contributed by atoms with Crippen molar-refractivity contribution in [2.24, 2.45) is 10.9 Å². The maximum absolute atomic E-state index is 12.7. The van der Waals surface area contributed by atoms with Gasteiger partial charge in [-0.15, -0.1) is 22.7 Å². The van der Waals surface area contributed by atoms with Crippen LogP contribution in [0.2, 0.25) is 0 Å². The Kier molecular flexibility index (Phi) is 4.14. The molecule has 1 amide bonds. The quantitative estimate of drug-likeness (QED) is 0.478. The van der Waals surface area contributed by atoms with Crippen molar-refractivity contribution < 1.29 is 4.79 Å². The van der Waals surface area contributed by atoms with Crippen LogP contribution < -0.4 is 10.2 Å². The zero-order chi connectivity index (χ0) is 20.1. The molecule has 0 saturated heterocycles. The van der Waals surface area contributed by atoms with Crippen LogP contribution in [0.15, 0.2) is 58.1 Å². The standard InChI is InChI=1S/C22H17N5OS2/c28-21-18(7-14-3-5-16-19(8-14)29-11-23-16)25-22(26-21)27(10-13-1-2-13)15-4-6-17-20(9-15)30-12-24-17/h3-9,11-13H,1-2,10H2,(H,25,26,28)/b18-7-. The number of fused-ring (bicyclic) bond motifs is 2. The Hall–Kier alpha value is -3.10. The summed E-state index contributed by atoms with van der Waals surface area (Å²) in [4.78, 5) is 28.1. The second-order valence-corrected chi connectivity index (χ2v) is 9.33. The maximum Gasteiger partial charge on any atom is 0.276 e. The van der Waals surface area contributed by atoms with Crippen molar-refractivity contribution in [2.75, 3.05) is 11.4 Å². The molecule has 6 rings (SSSR count). The largest absolute Gasteiger partial charge is 0.312 e. The second-order valence-electron chi connectivity index (χ2n) is 7.56. The van der Waals surface area contributed by atoms with E-state index in [1.54, 1.807) is 22.7 Å². The van der Waals surface area contributed by atoms with Gasteiger partial charge in [0, 0.05) is 12.2 Å². The van der Waals surface area contributed by atoms with Crippen LogP contribution in [-0.4, -0.2) is 28.4 Å². The smallest absolute Gasteiger partial charge is 0.276 e. The molecule has 0 bridgehead atoms. The Balaban J connectivity index is 1.36. The summed E-state index contributed by atoms with van der Waals surface area (Å²) in [5.41, 5.74) is 8.05. The lowest BCUT2D eigenvalue weighted by molar-refractivity contribution is -0.115. The molecule has 0 radical (unpaired) electrons. The minimum Gasteiger partial charge on any atom is -0.312 e. The fourth-order valence-electron chi connectivity index (χ4n) is 3.59. The van der Waals surface area contributed by atoms with Gasteiger partial charge in [-0.25, -0.2) is 15.0 Å². The van der Waals surface area contributed by atoms with Gasteiger partial charge in [0.2, 0.25) is 5.96 Å². The van der Waals surface area contributed by atoms with Crippen molar-refractivity contribution >= 4 is 66.7 Å². The summed E-state index contributed by atoms with van der Waals surface area (Å²) >= 11 is 3.21. The van der Waals surface area contributed by atoms with E-state index in [-0.39, 0.29) is 5.91 Å². The van der Waals surface area contributed by atoms with Gasteiger partial charge in [0.15, 0.2) is 0 Å². The Morgan fingerprint density at radius 1 is 1.03 bits per heavy atom. The first-order valence-corrected chi connectivity index (χ1v) is 11.5. The average molecular weight is 432 g/mol. The molecule has 1 aliphatic heterocycles. The van der Waals surface area contributed by atoms with Crippen LogP contribution in [0.1, 0.15) is 18.4 Å². The van der Waals surface area contributed by atoms with Crippen LogP contribution in [-0.2, 0) is 4.79 Å². The van der Waals surface area contributed by atoms with Crippen LogP contribution in [0, 0.1) is 5.92 Å². The topological polar surface area (TPSA) is 70.5 Å². The Morgan fingerprint density at radius 2 is 1.77 bits per heavy atom. The van der Waals surface area contributed by atoms with Crippen LogP contribution in [0.5, 0.6) is 0 Å². The van der Waals surface area contributed by atoms with Crippen molar-refractivity contribution in [3.8, 4) is 0 Å². The first-order valence-electron chi connectivity index (χ1n) is 9.79. The molecule has 3 heterocycles. The molecule has 148 valence electrons. The van der Waals surface area contributed by atoms with Crippen molar-refractivity contribution in [3.63, 3.8) is 0 Å². The van der Waals surface area contributed by atoms with E-state index in [9.17, 15) is 4.79 Å².